The molecule has 0 saturated carbocycles. The molecule has 5 heteroatoms. The number of rotatable bonds is 3. The van der Waals surface area contributed by atoms with E-state index >= 15 is 0 Å². The Kier molecular flexibility index (Phi) is 3.46. The number of benzene rings is 1. The maximum Gasteiger partial charge on any atom is 0.161 e. The molecule has 0 spiro atoms. The lowest BCUT2D eigenvalue weighted by atomic mass is 10.1. The van der Waals surface area contributed by atoms with E-state index in [4.69, 9.17) is 0 Å². The first-order valence-electron chi connectivity index (χ1n) is 5.24. The third-order valence-corrected chi connectivity index (χ3v) is 2.73. The van der Waals surface area contributed by atoms with Crippen LogP contribution in [0.15, 0.2) is 12.1 Å². The van der Waals surface area contributed by atoms with Gasteiger partial charge in [0.15, 0.2) is 11.6 Å². The lowest BCUT2D eigenvalue weighted by Crippen LogP contribution is -2.30. The molecule has 1 aromatic carbocycles. The van der Waals surface area contributed by atoms with Crippen molar-refractivity contribution in [1.82, 2.24) is 10.6 Å². The summed E-state index contributed by atoms with van der Waals surface area (Å²) in [6, 6.07) is 1.76. The fourth-order valence-electron chi connectivity index (χ4n) is 1.78. The van der Waals surface area contributed by atoms with Gasteiger partial charge >= 0.3 is 0 Å². The summed E-state index contributed by atoms with van der Waals surface area (Å²) in [5, 5.41) is 6.25. The van der Waals surface area contributed by atoms with Crippen molar-refractivity contribution in [3.63, 3.8) is 0 Å². The molecular weight excluding hydrogens is 217 g/mol. The fourth-order valence-corrected chi connectivity index (χ4v) is 1.78. The first-order valence-corrected chi connectivity index (χ1v) is 5.24. The zero-order valence-electron chi connectivity index (χ0n) is 8.69. The summed E-state index contributed by atoms with van der Waals surface area (Å²) in [7, 11) is 0. The van der Waals surface area contributed by atoms with E-state index in [9.17, 15) is 13.2 Å². The van der Waals surface area contributed by atoms with Crippen molar-refractivity contribution < 1.29 is 13.2 Å². The number of hydrogen-bond donors (Lipinski definition) is 2. The molecule has 88 valence electrons. The molecule has 0 aromatic heterocycles. The van der Waals surface area contributed by atoms with Gasteiger partial charge in [-0.1, -0.05) is 0 Å². The Morgan fingerprint density at radius 2 is 1.94 bits per heavy atom. The van der Waals surface area contributed by atoms with Gasteiger partial charge in [-0.2, -0.15) is 0 Å². The SMILES string of the molecule is Fc1cc(F)c(CNC2CCNC2)cc1F. The van der Waals surface area contributed by atoms with Crippen molar-refractivity contribution in [2.45, 2.75) is 19.0 Å². The van der Waals surface area contributed by atoms with Crippen LogP contribution in [0.3, 0.4) is 0 Å². The molecule has 0 aliphatic carbocycles. The highest BCUT2D eigenvalue weighted by atomic mass is 19.2. The topological polar surface area (TPSA) is 24.1 Å². The largest absolute Gasteiger partial charge is 0.315 e. The molecule has 1 unspecified atom stereocenters. The fraction of sp³-hybridized carbons (Fsp3) is 0.455. The van der Waals surface area contributed by atoms with Gasteiger partial charge < -0.3 is 10.6 Å². The van der Waals surface area contributed by atoms with Crippen LogP contribution in [0.25, 0.3) is 0 Å². The van der Waals surface area contributed by atoms with E-state index in [-0.39, 0.29) is 18.2 Å². The summed E-state index contributed by atoms with van der Waals surface area (Å²) in [5.74, 6) is -2.87. The third-order valence-electron chi connectivity index (χ3n) is 2.73. The van der Waals surface area contributed by atoms with Crippen LogP contribution in [0.5, 0.6) is 0 Å². The zero-order valence-corrected chi connectivity index (χ0v) is 8.69. The van der Waals surface area contributed by atoms with Crippen LogP contribution in [-0.2, 0) is 6.54 Å². The van der Waals surface area contributed by atoms with Crippen LogP contribution < -0.4 is 10.6 Å². The van der Waals surface area contributed by atoms with Crippen LogP contribution in [0, 0.1) is 17.5 Å². The van der Waals surface area contributed by atoms with Crippen LogP contribution in [0.4, 0.5) is 13.2 Å². The molecule has 2 nitrogen and oxygen atoms in total. The Morgan fingerprint density at radius 1 is 1.19 bits per heavy atom. The molecule has 1 aromatic rings. The van der Waals surface area contributed by atoms with Gasteiger partial charge in [-0.05, 0) is 19.0 Å². The number of nitrogens with one attached hydrogen (secondary N) is 2. The van der Waals surface area contributed by atoms with E-state index in [1.165, 1.54) is 0 Å². The van der Waals surface area contributed by atoms with Gasteiger partial charge in [0.2, 0.25) is 0 Å². The molecule has 2 N–H and O–H groups in total. The lowest BCUT2D eigenvalue weighted by molar-refractivity contribution is 0.480. The molecule has 0 bridgehead atoms. The smallest absolute Gasteiger partial charge is 0.161 e. The monoisotopic (exact) mass is 230 g/mol. The maximum atomic E-state index is 13.2. The minimum Gasteiger partial charge on any atom is -0.315 e. The summed E-state index contributed by atoms with van der Waals surface area (Å²) in [4.78, 5) is 0. The van der Waals surface area contributed by atoms with Crippen LogP contribution in [0.1, 0.15) is 12.0 Å². The van der Waals surface area contributed by atoms with E-state index in [0.717, 1.165) is 25.6 Å². The van der Waals surface area contributed by atoms with Crippen molar-refractivity contribution in [3.8, 4) is 0 Å². The Balaban J connectivity index is 2.00. The number of hydrogen-bond acceptors (Lipinski definition) is 2. The Bertz CT molecular complexity index is 376. The van der Waals surface area contributed by atoms with E-state index in [0.29, 0.717) is 6.07 Å². The van der Waals surface area contributed by atoms with Crippen LogP contribution in [0.2, 0.25) is 0 Å². The minimum absolute atomic E-state index is 0.158. The van der Waals surface area contributed by atoms with Crippen molar-refractivity contribution in [2.24, 2.45) is 0 Å². The molecule has 1 fully saturated rings. The Morgan fingerprint density at radius 3 is 2.62 bits per heavy atom. The second-order valence-electron chi connectivity index (χ2n) is 3.93. The van der Waals surface area contributed by atoms with Gasteiger partial charge in [-0.3, -0.25) is 0 Å². The lowest BCUT2D eigenvalue weighted by Gasteiger charge is -2.11. The van der Waals surface area contributed by atoms with E-state index in [1.807, 2.05) is 0 Å². The van der Waals surface area contributed by atoms with Crippen molar-refractivity contribution >= 4 is 0 Å². The number of halogens is 3. The van der Waals surface area contributed by atoms with Crippen molar-refractivity contribution in [2.75, 3.05) is 13.1 Å². The summed E-state index contributed by atoms with van der Waals surface area (Å²) < 4.78 is 38.8. The normalized spacial score (nSPS) is 20.3. The summed E-state index contributed by atoms with van der Waals surface area (Å²) >= 11 is 0. The summed E-state index contributed by atoms with van der Waals surface area (Å²) in [5.41, 5.74) is 0.158. The molecule has 0 amide bonds. The van der Waals surface area contributed by atoms with Gasteiger partial charge in [0.25, 0.3) is 0 Å². The quantitative estimate of drug-likeness (QED) is 0.770. The van der Waals surface area contributed by atoms with Crippen molar-refractivity contribution in [1.29, 1.82) is 0 Å². The van der Waals surface area contributed by atoms with Gasteiger partial charge in [-0.15, -0.1) is 0 Å². The van der Waals surface area contributed by atoms with E-state index < -0.39 is 17.5 Å². The second kappa shape index (κ2) is 4.84. The van der Waals surface area contributed by atoms with E-state index in [1.54, 1.807) is 0 Å². The molecule has 1 aliphatic heterocycles. The second-order valence-corrected chi connectivity index (χ2v) is 3.93. The molecular formula is C11H13F3N2. The first-order chi connectivity index (χ1) is 7.66. The van der Waals surface area contributed by atoms with Crippen molar-refractivity contribution in [3.05, 3.63) is 35.1 Å². The summed E-state index contributed by atoms with van der Waals surface area (Å²) in [6.07, 6.45) is 0.964. The van der Waals surface area contributed by atoms with Gasteiger partial charge in [0.1, 0.15) is 5.82 Å². The maximum absolute atomic E-state index is 13.2. The van der Waals surface area contributed by atoms with E-state index in [2.05, 4.69) is 10.6 Å². The molecule has 1 heterocycles. The molecule has 1 atom stereocenters. The Hall–Kier alpha value is -1.07. The molecule has 0 radical (unpaired) electrons. The molecule has 2 rings (SSSR count). The third kappa shape index (κ3) is 2.54. The van der Waals surface area contributed by atoms with Gasteiger partial charge in [0.05, 0.1) is 0 Å². The van der Waals surface area contributed by atoms with Gasteiger partial charge in [-0.25, -0.2) is 13.2 Å². The predicted octanol–water partition coefficient (Wildman–Crippen LogP) is 1.56. The van der Waals surface area contributed by atoms with Gasteiger partial charge in [0, 0.05) is 30.8 Å². The highest BCUT2D eigenvalue weighted by Gasteiger charge is 2.15. The minimum atomic E-state index is -1.15. The average molecular weight is 230 g/mol. The predicted molar refractivity (Wildman–Crippen MR) is 54.4 cm³/mol. The molecule has 1 saturated heterocycles. The van der Waals surface area contributed by atoms with Crippen LogP contribution >= 0.6 is 0 Å². The first kappa shape index (κ1) is 11.4. The molecule has 1 aliphatic rings. The molecule has 16 heavy (non-hydrogen) atoms. The zero-order chi connectivity index (χ0) is 11.5. The Labute approximate surface area is 91.8 Å². The standard InChI is InChI=1S/C11H13F3N2/c12-9-4-11(14)10(13)3-7(9)5-16-8-1-2-15-6-8/h3-4,8,15-16H,1-2,5-6H2. The highest BCUT2D eigenvalue weighted by molar-refractivity contribution is 5.20. The average Bonchev–Trinajstić information content (AvgIpc) is 2.74. The highest BCUT2D eigenvalue weighted by Crippen LogP contribution is 2.14. The summed E-state index contributed by atoms with van der Waals surface area (Å²) in [6.45, 7) is 1.97. The van der Waals surface area contributed by atoms with Crippen LogP contribution in [-0.4, -0.2) is 19.1 Å².